The smallest absolute Gasteiger partial charge is 0.0624 e. The highest BCUT2D eigenvalue weighted by atomic mass is 15.1. The lowest BCUT2D eigenvalue weighted by Gasteiger charge is -2.61. The second kappa shape index (κ2) is 17.2. The fraction of sp³-hybridized carbons (Fsp3) is 1.00. The van der Waals surface area contributed by atoms with Gasteiger partial charge in [-0.3, -0.25) is 0 Å². The minimum Gasteiger partial charge on any atom is -0.194 e. The van der Waals surface area contributed by atoms with E-state index >= 15 is 0 Å². The van der Waals surface area contributed by atoms with Gasteiger partial charge in [0, 0.05) is 0 Å². The highest BCUT2D eigenvalue weighted by Crippen LogP contribution is 2.70. The lowest BCUT2D eigenvalue weighted by molar-refractivity contribution is -0.114. The molecule has 2 heteroatoms. The Hall–Kier alpha value is -0.400. The molecule has 0 heterocycles. The number of hydrogen-bond acceptors (Lipinski definition) is 2. The Balaban J connectivity index is 0.713. The molecule has 0 aliphatic heterocycles. The summed E-state index contributed by atoms with van der Waals surface area (Å²) in [4.78, 5) is 0. The molecule has 0 bridgehead atoms. The maximum atomic E-state index is 4.77. The first-order valence-corrected chi connectivity index (χ1v) is 26.2. The number of azo groups is 1. The third kappa shape index (κ3) is 7.72. The van der Waals surface area contributed by atoms with E-state index < -0.39 is 0 Å². The van der Waals surface area contributed by atoms with Crippen molar-refractivity contribution in [2.75, 3.05) is 13.1 Å². The lowest BCUT2D eigenvalue weighted by Crippen LogP contribution is -2.53. The molecule has 0 aromatic rings. The molecule has 18 atom stereocenters. The summed E-state index contributed by atoms with van der Waals surface area (Å²) < 4.78 is 0. The van der Waals surface area contributed by atoms with Gasteiger partial charge in [-0.1, -0.05) is 107 Å². The van der Waals surface area contributed by atoms with Gasteiger partial charge in [0.1, 0.15) is 0 Å². The van der Waals surface area contributed by atoms with Crippen LogP contribution < -0.4 is 0 Å². The minimum atomic E-state index is 0.622. The number of rotatable bonds is 14. The maximum absolute atomic E-state index is 4.77. The first kappa shape index (κ1) is 42.3. The third-order valence-electron chi connectivity index (χ3n) is 22.3. The second-order valence-electron chi connectivity index (χ2n) is 24.9. The van der Waals surface area contributed by atoms with Crippen molar-refractivity contribution in [2.24, 2.45) is 115 Å². The molecule has 0 aromatic heterocycles. The summed E-state index contributed by atoms with van der Waals surface area (Å²) in [6.07, 6.45) is 39.0. The molecule has 0 radical (unpaired) electrons. The highest BCUT2D eigenvalue weighted by Gasteiger charge is 2.61. The molecule has 8 rings (SSSR count). The van der Waals surface area contributed by atoms with E-state index in [1.807, 2.05) is 0 Å². The van der Waals surface area contributed by atoms with Crippen molar-refractivity contribution in [3.05, 3.63) is 0 Å². The Morgan fingerprint density at radius 1 is 0.411 bits per heavy atom. The van der Waals surface area contributed by atoms with Gasteiger partial charge < -0.3 is 0 Å². The standard InChI is InChI=1S/C54H94N2/c1-37(15-13-17-39(3)45-25-27-47-43-23-21-41-19-9-11-31-51(41,5)49(43)29-33-53(45,47)7)35-55-56-36-38(2)16-14-18-40(4)46-26-28-48-44-24-22-42-20-10-12-32-52(42,6)50(44)30-34-54(46,48)8/h37-50H,9-36H2,1-8H3/t37?,38?,39-,40-,41?,42?,43+,44+,45-,46-,47+,48+,49+,50+,51+,52+,53-,54-/m1/s1. The zero-order valence-corrected chi connectivity index (χ0v) is 38.8. The Bertz CT molecular complexity index is 1220. The van der Waals surface area contributed by atoms with E-state index in [0.717, 1.165) is 84.1 Å². The van der Waals surface area contributed by atoms with Gasteiger partial charge in [-0.05, 0) is 220 Å². The summed E-state index contributed by atoms with van der Waals surface area (Å²) in [7, 11) is 0. The van der Waals surface area contributed by atoms with Crippen LogP contribution in [0.1, 0.15) is 222 Å². The van der Waals surface area contributed by atoms with Crippen LogP contribution in [0.2, 0.25) is 0 Å². The van der Waals surface area contributed by atoms with E-state index in [0.29, 0.717) is 33.5 Å². The molecular formula is C54H94N2. The molecule has 4 unspecified atom stereocenters. The first-order valence-electron chi connectivity index (χ1n) is 26.2. The third-order valence-corrected chi connectivity index (χ3v) is 22.3. The van der Waals surface area contributed by atoms with Gasteiger partial charge in [-0.15, -0.1) is 0 Å². The Labute approximate surface area is 348 Å². The van der Waals surface area contributed by atoms with E-state index in [1.165, 1.54) is 89.9 Å². The largest absolute Gasteiger partial charge is 0.194 e. The van der Waals surface area contributed by atoms with Crippen molar-refractivity contribution in [2.45, 2.75) is 222 Å². The van der Waals surface area contributed by atoms with Gasteiger partial charge in [0.15, 0.2) is 0 Å². The normalized spacial score (nSPS) is 48.1. The summed E-state index contributed by atoms with van der Waals surface area (Å²) >= 11 is 0. The molecule has 2 nitrogen and oxygen atoms in total. The number of hydrogen-bond donors (Lipinski definition) is 0. The summed E-state index contributed by atoms with van der Waals surface area (Å²) in [6, 6.07) is 0. The SMILES string of the molecule is CC(CCC[C@@H](C)[C@H]1CC[C@H]2[C@@H]3CCC4CCCC[C@]4(C)[C@H]3CC[C@]12C)CN=NCC(C)CCC[C@@H](C)[C@H]1CC[C@H]2[C@@H]3CCC4CCCC[C@]4(C)[C@H]3CC[C@]12C. The van der Waals surface area contributed by atoms with Crippen LogP contribution in [0.3, 0.4) is 0 Å². The fourth-order valence-electron chi connectivity index (χ4n) is 19.1. The van der Waals surface area contributed by atoms with Crippen LogP contribution in [0.15, 0.2) is 10.2 Å². The van der Waals surface area contributed by atoms with Gasteiger partial charge in [0.05, 0.1) is 13.1 Å². The molecule has 0 aromatic carbocycles. The molecular weight excluding hydrogens is 677 g/mol. The van der Waals surface area contributed by atoms with Crippen LogP contribution >= 0.6 is 0 Å². The van der Waals surface area contributed by atoms with Crippen LogP contribution in [0, 0.1) is 105 Å². The average Bonchev–Trinajstić information content (AvgIpc) is 3.73. The second-order valence-corrected chi connectivity index (χ2v) is 24.9. The monoisotopic (exact) mass is 771 g/mol. The minimum absolute atomic E-state index is 0.622. The Morgan fingerprint density at radius 3 is 1.25 bits per heavy atom. The quantitative estimate of drug-likeness (QED) is 0.157. The average molecular weight is 771 g/mol. The van der Waals surface area contributed by atoms with Crippen molar-refractivity contribution >= 4 is 0 Å². The molecule has 0 amide bonds. The molecule has 320 valence electrons. The fourth-order valence-corrected chi connectivity index (χ4v) is 19.1. The number of fused-ring (bicyclic) bond motifs is 10. The summed E-state index contributed by atoms with van der Waals surface area (Å²) in [5.41, 5.74) is 2.60. The van der Waals surface area contributed by atoms with Crippen molar-refractivity contribution < 1.29 is 0 Å². The molecule has 0 saturated heterocycles. The summed E-state index contributed by atoms with van der Waals surface area (Å²) in [5.74, 6) is 13.4. The van der Waals surface area contributed by atoms with E-state index in [2.05, 4.69) is 55.4 Å². The molecule has 8 aliphatic carbocycles. The maximum Gasteiger partial charge on any atom is 0.0624 e. The van der Waals surface area contributed by atoms with Gasteiger partial charge in [-0.25, -0.2) is 0 Å². The van der Waals surface area contributed by atoms with Gasteiger partial charge >= 0.3 is 0 Å². The van der Waals surface area contributed by atoms with E-state index in [1.54, 1.807) is 77.0 Å². The molecule has 0 N–H and O–H groups in total. The van der Waals surface area contributed by atoms with Crippen LogP contribution in [0.25, 0.3) is 0 Å². The predicted molar refractivity (Wildman–Crippen MR) is 239 cm³/mol. The summed E-state index contributed by atoms with van der Waals surface area (Å²) in [5, 5.41) is 9.55. The van der Waals surface area contributed by atoms with E-state index in [-0.39, 0.29) is 0 Å². The molecule has 8 aliphatic rings. The zero-order valence-electron chi connectivity index (χ0n) is 38.8. The molecule has 56 heavy (non-hydrogen) atoms. The van der Waals surface area contributed by atoms with Crippen molar-refractivity contribution in [1.29, 1.82) is 0 Å². The predicted octanol–water partition coefficient (Wildman–Crippen LogP) is 16.4. The lowest BCUT2D eigenvalue weighted by atomic mass is 9.44. The van der Waals surface area contributed by atoms with Gasteiger partial charge in [-0.2, -0.15) is 10.2 Å². The highest BCUT2D eigenvalue weighted by molar-refractivity contribution is 5.11. The van der Waals surface area contributed by atoms with Gasteiger partial charge in [0.25, 0.3) is 0 Å². The van der Waals surface area contributed by atoms with Crippen LogP contribution in [-0.2, 0) is 0 Å². The molecule has 8 fully saturated rings. The Kier molecular flexibility index (Phi) is 13.0. The zero-order chi connectivity index (χ0) is 39.3. The van der Waals surface area contributed by atoms with Crippen LogP contribution in [0.5, 0.6) is 0 Å². The van der Waals surface area contributed by atoms with E-state index in [9.17, 15) is 0 Å². The molecule has 0 spiro atoms. The number of nitrogens with zero attached hydrogens (tertiary/aromatic N) is 2. The molecule has 8 saturated carbocycles. The first-order chi connectivity index (χ1) is 26.9. The van der Waals surface area contributed by atoms with Crippen molar-refractivity contribution in [3.8, 4) is 0 Å². The summed E-state index contributed by atoms with van der Waals surface area (Å²) in [6.45, 7) is 23.1. The van der Waals surface area contributed by atoms with Gasteiger partial charge in [0.2, 0.25) is 0 Å². The van der Waals surface area contributed by atoms with Crippen LogP contribution in [-0.4, -0.2) is 13.1 Å². The van der Waals surface area contributed by atoms with Crippen molar-refractivity contribution in [3.63, 3.8) is 0 Å². The Morgan fingerprint density at radius 2 is 0.821 bits per heavy atom. The van der Waals surface area contributed by atoms with Crippen LogP contribution in [0.4, 0.5) is 0 Å². The van der Waals surface area contributed by atoms with E-state index in [4.69, 9.17) is 10.2 Å². The van der Waals surface area contributed by atoms with Crippen molar-refractivity contribution in [1.82, 2.24) is 0 Å². The topological polar surface area (TPSA) is 24.7 Å².